The molecule has 0 bridgehead atoms. The Morgan fingerprint density at radius 2 is 2.19 bits per heavy atom. The first-order valence-corrected chi connectivity index (χ1v) is 6.24. The Bertz CT molecular complexity index is 317. The van der Waals surface area contributed by atoms with Crippen LogP contribution in [-0.2, 0) is 0 Å². The Balaban J connectivity index is 2.77. The highest BCUT2D eigenvalue weighted by atomic mass is 14.5. The third-order valence-electron chi connectivity index (χ3n) is 3.01. The van der Waals surface area contributed by atoms with Crippen LogP contribution in [0.1, 0.15) is 49.7 Å². The Labute approximate surface area is 99.4 Å². The molecule has 0 spiro atoms. The minimum Gasteiger partial charge on any atom is -0.330 e. The standard InChI is InChI=1S/C15H23N/c1-3-7-14(10-6-11-16)15-9-5-8-13(4-2)12-15/h4-5,8-9,12,14H,2-3,6-7,10-11,16H2,1H3. The Hall–Kier alpha value is -1.08. The third-order valence-corrected chi connectivity index (χ3v) is 3.01. The largest absolute Gasteiger partial charge is 0.330 e. The molecule has 0 aromatic heterocycles. The van der Waals surface area contributed by atoms with Crippen molar-refractivity contribution in [2.75, 3.05) is 6.54 Å². The molecule has 2 N–H and O–H groups in total. The van der Waals surface area contributed by atoms with Gasteiger partial charge in [0.25, 0.3) is 0 Å². The fourth-order valence-corrected chi connectivity index (χ4v) is 2.13. The summed E-state index contributed by atoms with van der Waals surface area (Å²) in [5, 5.41) is 0. The molecule has 1 nitrogen and oxygen atoms in total. The van der Waals surface area contributed by atoms with Crippen molar-refractivity contribution in [1.82, 2.24) is 0 Å². The van der Waals surface area contributed by atoms with Gasteiger partial charge in [-0.25, -0.2) is 0 Å². The molecule has 0 heterocycles. The first kappa shape index (κ1) is 13.0. The minimum atomic E-state index is 0.661. The summed E-state index contributed by atoms with van der Waals surface area (Å²) in [6.07, 6.45) is 6.71. The summed E-state index contributed by atoms with van der Waals surface area (Å²) in [5.41, 5.74) is 8.24. The van der Waals surface area contributed by atoms with Gasteiger partial charge >= 0.3 is 0 Å². The minimum absolute atomic E-state index is 0.661. The van der Waals surface area contributed by atoms with Crippen molar-refractivity contribution in [3.8, 4) is 0 Å². The maximum atomic E-state index is 5.59. The molecule has 0 aliphatic rings. The average Bonchev–Trinajstić information content (AvgIpc) is 2.34. The second-order valence-electron chi connectivity index (χ2n) is 4.29. The highest BCUT2D eigenvalue weighted by Crippen LogP contribution is 2.26. The van der Waals surface area contributed by atoms with Gasteiger partial charge in [-0.15, -0.1) is 0 Å². The van der Waals surface area contributed by atoms with E-state index >= 15 is 0 Å². The molecule has 1 unspecified atom stereocenters. The van der Waals surface area contributed by atoms with E-state index in [1.165, 1.54) is 30.4 Å². The van der Waals surface area contributed by atoms with Gasteiger partial charge < -0.3 is 5.73 Å². The zero-order chi connectivity index (χ0) is 11.8. The predicted octanol–water partition coefficient (Wildman–Crippen LogP) is 3.95. The lowest BCUT2D eigenvalue weighted by molar-refractivity contribution is 0.550. The lowest BCUT2D eigenvalue weighted by Crippen LogP contribution is -2.04. The molecule has 1 aromatic carbocycles. The number of hydrogen-bond acceptors (Lipinski definition) is 1. The molecular weight excluding hydrogens is 194 g/mol. The van der Waals surface area contributed by atoms with Crippen LogP contribution in [0.2, 0.25) is 0 Å². The molecule has 0 aliphatic carbocycles. The summed E-state index contributed by atoms with van der Waals surface area (Å²) in [6.45, 7) is 6.86. The zero-order valence-electron chi connectivity index (χ0n) is 10.3. The van der Waals surface area contributed by atoms with Crippen LogP contribution in [0.4, 0.5) is 0 Å². The van der Waals surface area contributed by atoms with E-state index in [0.717, 1.165) is 13.0 Å². The number of hydrogen-bond donors (Lipinski definition) is 1. The Kier molecular flexibility index (Phi) is 5.87. The molecule has 0 radical (unpaired) electrons. The monoisotopic (exact) mass is 217 g/mol. The van der Waals surface area contributed by atoms with Crippen LogP contribution >= 0.6 is 0 Å². The van der Waals surface area contributed by atoms with Gasteiger partial charge in [-0.05, 0) is 42.9 Å². The van der Waals surface area contributed by atoms with Crippen molar-refractivity contribution in [1.29, 1.82) is 0 Å². The van der Waals surface area contributed by atoms with Crippen molar-refractivity contribution in [3.05, 3.63) is 42.0 Å². The van der Waals surface area contributed by atoms with Gasteiger partial charge in [0.2, 0.25) is 0 Å². The smallest absolute Gasteiger partial charge is 0.00771 e. The van der Waals surface area contributed by atoms with Crippen molar-refractivity contribution >= 4 is 6.08 Å². The molecule has 0 amide bonds. The number of benzene rings is 1. The van der Waals surface area contributed by atoms with E-state index in [1.54, 1.807) is 0 Å². The van der Waals surface area contributed by atoms with Gasteiger partial charge in [0.15, 0.2) is 0 Å². The van der Waals surface area contributed by atoms with Crippen LogP contribution < -0.4 is 5.73 Å². The van der Waals surface area contributed by atoms with E-state index in [0.29, 0.717) is 5.92 Å². The van der Waals surface area contributed by atoms with Gasteiger partial charge in [-0.2, -0.15) is 0 Å². The number of nitrogens with two attached hydrogens (primary N) is 1. The van der Waals surface area contributed by atoms with Crippen LogP contribution in [-0.4, -0.2) is 6.54 Å². The topological polar surface area (TPSA) is 26.0 Å². The quantitative estimate of drug-likeness (QED) is 0.735. The third kappa shape index (κ3) is 3.82. The molecule has 1 aromatic rings. The van der Waals surface area contributed by atoms with Crippen LogP contribution in [0.25, 0.3) is 6.08 Å². The van der Waals surface area contributed by atoms with Gasteiger partial charge in [0.05, 0.1) is 0 Å². The van der Waals surface area contributed by atoms with Gasteiger partial charge in [0.1, 0.15) is 0 Å². The number of rotatable bonds is 7. The maximum Gasteiger partial charge on any atom is -0.00771 e. The molecule has 1 rings (SSSR count). The Morgan fingerprint density at radius 3 is 2.81 bits per heavy atom. The zero-order valence-corrected chi connectivity index (χ0v) is 10.3. The van der Waals surface area contributed by atoms with Crippen molar-refractivity contribution in [2.24, 2.45) is 5.73 Å². The maximum absolute atomic E-state index is 5.59. The summed E-state index contributed by atoms with van der Waals surface area (Å²) in [4.78, 5) is 0. The van der Waals surface area contributed by atoms with Crippen molar-refractivity contribution < 1.29 is 0 Å². The lowest BCUT2D eigenvalue weighted by atomic mass is 9.89. The summed E-state index contributed by atoms with van der Waals surface area (Å²) >= 11 is 0. The first-order chi connectivity index (χ1) is 7.81. The summed E-state index contributed by atoms with van der Waals surface area (Å²) < 4.78 is 0. The van der Waals surface area contributed by atoms with Crippen LogP contribution in [0.15, 0.2) is 30.8 Å². The summed E-state index contributed by atoms with van der Waals surface area (Å²) in [7, 11) is 0. The second kappa shape index (κ2) is 7.24. The molecule has 0 saturated carbocycles. The Morgan fingerprint density at radius 1 is 1.38 bits per heavy atom. The molecule has 1 atom stereocenters. The highest BCUT2D eigenvalue weighted by molar-refractivity contribution is 5.48. The van der Waals surface area contributed by atoms with Crippen molar-refractivity contribution in [2.45, 2.75) is 38.5 Å². The lowest BCUT2D eigenvalue weighted by Gasteiger charge is -2.16. The van der Waals surface area contributed by atoms with E-state index in [-0.39, 0.29) is 0 Å². The van der Waals surface area contributed by atoms with Crippen LogP contribution in [0.3, 0.4) is 0 Å². The highest BCUT2D eigenvalue weighted by Gasteiger charge is 2.09. The van der Waals surface area contributed by atoms with E-state index in [4.69, 9.17) is 5.73 Å². The fourth-order valence-electron chi connectivity index (χ4n) is 2.13. The van der Waals surface area contributed by atoms with Gasteiger partial charge in [0, 0.05) is 0 Å². The van der Waals surface area contributed by atoms with Crippen LogP contribution in [0.5, 0.6) is 0 Å². The van der Waals surface area contributed by atoms with Crippen LogP contribution in [0, 0.1) is 0 Å². The van der Waals surface area contributed by atoms with E-state index in [9.17, 15) is 0 Å². The molecule has 0 saturated heterocycles. The molecule has 88 valence electrons. The molecule has 0 fully saturated rings. The van der Waals surface area contributed by atoms with Gasteiger partial charge in [-0.1, -0.05) is 50.3 Å². The van der Waals surface area contributed by atoms with Crippen molar-refractivity contribution in [3.63, 3.8) is 0 Å². The molecule has 0 aliphatic heterocycles. The summed E-state index contributed by atoms with van der Waals surface area (Å²) in [5.74, 6) is 0.661. The fraction of sp³-hybridized carbons (Fsp3) is 0.467. The van der Waals surface area contributed by atoms with Gasteiger partial charge in [-0.3, -0.25) is 0 Å². The predicted molar refractivity (Wildman–Crippen MR) is 72.5 cm³/mol. The summed E-state index contributed by atoms with van der Waals surface area (Å²) in [6, 6.07) is 8.70. The normalized spacial score (nSPS) is 12.4. The van der Waals surface area contributed by atoms with E-state index in [2.05, 4.69) is 37.8 Å². The molecular formula is C15H23N. The van der Waals surface area contributed by atoms with E-state index in [1.807, 2.05) is 6.08 Å². The average molecular weight is 217 g/mol. The second-order valence-corrected chi connectivity index (χ2v) is 4.29. The van der Waals surface area contributed by atoms with E-state index < -0.39 is 0 Å². The molecule has 1 heteroatoms. The first-order valence-electron chi connectivity index (χ1n) is 6.24. The molecule has 16 heavy (non-hydrogen) atoms. The SMILES string of the molecule is C=Cc1cccc(C(CCC)CCCN)c1.